The Morgan fingerprint density at radius 1 is 1.32 bits per heavy atom. The Morgan fingerprint density at radius 3 is 2.71 bits per heavy atom. The molecule has 164 valence electrons. The summed E-state index contributed by atoms with van der Waals surface area (Å²) in [4.78, 5) is 40.7. The Kier molecular flexibility index (Phi) is 5.26. The number of benzene rings is 1. The summed E-state index contributed by atoms with van der Waals surface area (Å²) in [6.07, 6.45) is 0.455. The molecular formula is C21H22F2N4O4. The third kappa shape index (κ3) is 3.27. The van der Waals surface area contributed by atoms with Crippen LogP contribution in [0.5, 0.6) is 5.75 Å². The fourth-order valence-corrected chi connectivity index (χ4v) is 4.40. The van der Waals surface area contributed by atoms with Crippen LogP contribution in [-0.2, 0) is 6.54 Å². The van der Waals surface area contributed by atoms with Gasteiger partial charge in [-0.2, -0.15) is 0 Å². The molecule has 1 aromatic carbocycles. The highest BCUT2D eigenvalue weighted by molar-refractivity contribution is 6.00. The van der Waals surface area contributed by atoms with Crippen LogP contribution in [0.4, 0.5) is 8.78 Å². The summed E-state index contributed by atoms with van der Waals surface area (Å²) in [5.74, 6) is -2.89. The van der Waals surface area contributed by atoms with Gasteiger partial charge in [0.05, 0.1) is 18.8 Å². The zero-order chi connectivity index (χ0) is 22.4. The summed E-state index contributed by atoms with van der Waals surface area (Å²) in [7, 11) is 1.26. The smallest absolute Gasteiger partial charge is 0.274 e. The number of nitrogens with two attached hydrogens (primary N) is 1. The highest BCUT2D eigenvalue weighted by Gasteiger charge is 2.44. The lowest BCUT2D eigenvalue weighted by Gasteiger charge is -2.34. The molecule has 0 unspecified atom stereocenters. The number of amides is 2. The molecule has 0 saturated heterocycles. The van der Waals surface area contributed by atoms with E-state index in [1.165, 1.54) is 13.2 Å². The number of nitrogens with one attached hydrogen (secondary N) is 1. The Labute approximate surface area is 176 Å². The summed E-state index contributed by atoms with van der Waals surface area (Å²) in [6, 6.07) is 2.18. The molecule has 2 amide bonds. The van der Waals surface area contributed by atoms with E-state index in [2.05, 4.69) is 5.32 Å². The number of rotatable bonds is 5. The number of ether oxygens (including phenoxy) is 1. The SMILES string of the molecule is CCN1C[C@H]2C[C@@H](N)c3c(C(=O)NCc4ccc(F)cc4F)c(=O)c(OC)c(n32)C1=O. The predicted molar refractivity (Wildman–Crippen MR) is 107 cm³/mol. The van der Waals surface area contributed by atoms with Gasteiger partial charge in [0, 0.05) is 37.3 Å². The second kappa shape index (κ2) is 7.77. The number of pyridine rings is 1. The van der Waals surface area contributed by atoms with Crippen LogP contribution in [0.2, 0.25) is 0 Å². The van der Waals surface area contributed by atoms with E-state index in [-0.39, 0.29) is 46.8 Å². The monoisotopic (exact) mass is 432 g/mol. The van der Waals surface area contributed by atoms with Crippen LogP contribution < -0.4 is 21.2 Å². The highest BCUT2D eigenvalue weighted by Crippen LogP contribution is 2.41. The lowest BCUT2D eigenvalue weighted by molar-refractivity contribution is 0.0674. The van der Waals surface area contributed by atoms with Crippen molar-refractivity contribution < 1.29 is 23.1 Å². The molecule has 31 heavy (non-hydrogen) atoms. The molecule has 0 fully saturated rings. The largest absolute Gasteiger partial charge is 0.491 e. The molecule has 2 aliphatic heterocycles. The second-order valence-electron chi connectivity index (χ2n) is 7.60. The minimum absolute atomic E-state index is 0.0622. The number of carbonyl (C=O) groups is 2. The molecule has 2 atom stereocenters. The van der Waals surface area contributed by atoms with E-state index < -0.39 is 29.0 Å². The van der Waals surface area contributed by atoms with E-state index in [9.17, 15) is 23.2 Å². The zero-order valence-electron chi connectivity index (χ0n) is 17.1. The van der Waals surface area contributed by atoms with Gasteiger partial charge in [0.1, 0.15) is 17.2 Å². The van der Waals surface area contributed by atoms with Crippen molar-refractivity contribution in [2.24, 2.45) is 5.73 Å². The molecule has 2 aliphatic rings. The van der Waals surface area contributed by atoms with Crippen LogP contribution in [0.15, 0.2) is 23.0 Å². The standard InChI is InChI=1S/C21H22F2N4O4/c1-3-26-9-12-7-14(24)16-15(18(28)19(31-2)17(21(26)30)27(12)16)20(29)25-8-10-4-5-11(22)6-13(10)23/h4-6,12,14H,3,7-9,24H2,1-2H3,(H,25,29)/t12-,14-/m1/s1. The maximum Gasteiger partial charge on any atom is 0.274 e. The normalized spacial score (nSPS) is 19.4. The van der Waals surface area contributed by atoms with Gasteiger partial charge < -0.3 is 25.3 Å². The number of halogens is 2. The van der Waals surface area contributed by atoms with Gasteiger partial charge in [0.2, 0.25) is 5.43 Å². The summed E-state index contributed by atoms with van der Waals surface area (Å²) in [6.45, 7) is 2.46. The van der Waals surface area contributed by atoms with Gasteiger partial charge in [-0.1, -0.05) is 6.07 Å². The average molecular weight is 432 g/mol. The number of methoxy groups -OCH3 is 1. The minimum Gasteiger partial charge on any atom is -0.491 e. The predicted octanol–water partition coefficient (Wildman–Crippen LogP) is 1.49. The fourth-order valence-electron chi connectivity index (χ4n) is 4.40. The van der Waals surface area contributed by atoms with Gasteiger partial charge >= 0.3 is 0 Å². The zero-order valence-corrected chi connectivity index (χ0v) is 17.1. The Balaban J connectivity index is 1.78. The summed E-state index contributed by atoms with van der Waals surface area (Å²) >= 11 is 0. The van der Waals surface area contributed by atoms with Crippen molar-refractivity contribution in [1.29, 1.82) is 0 Å². The van der Waals surface area contributed by atoms with E-state index in [0.29, 0.717) is 25.6 Å². The number of hydrogen-bond donors (Lipinski definition) is 2. The third-order valence-electron chi connectivity index (χ3n) is 5.84. The molecule has 0 bridgehead atoms. The lowest BCUT2D eigenvalue weighted by Crippen LogP contribution is -2.45. The summed E-state index contributed by atoms with van der Waals surface area (Å²) in [5.41, 5.74) is 5.73. The van der Waals surface area contributed by atoms with E-state index in [4.69, 9.17) is 10.5 Å². The molecule has 3 heterocycles. The first-order chi connectivity index (χ1) is 14.8. The van der Waals surface area contributed by atoms with Gasteiger partial charge in [0.25, 0.3) is 11.8 Å². The number of hydrogen-bond acceptors (Lipinski definition) is 5. The van der Waals surface area contributed by atoms with Gasteiger partial charge in [-0.25, -0.2) is 8.78 Å². The summed E-state index contributed by atoms with van der Waals surface area (Å²) < 4.78 is 33.9. The van der Waals surface area contributed by atoms with Crippen molar-refractivity contribution >= 4 is 11.8 Å². The van der Waals surface area contributed by atoms with Gasteiger partial charge in [-0.3, -0.25) is 14.4 Å². The average Bonchev–Trinajstić information content (AvgIpc) is 3.05. The third-order valence-corrected chi connectivity index (χ3v) is 5.84. The minimum atomic E-state index is -0.813. The van der Waals surface area contributed by atoms with Gasteiger partial charge in [-0.05, 0) is 19.4 Å². The van der Waals surface area contributed by atoms with Gasteiger partial charge in [-0.15, -0.1) is 0 Å². The first kappa shape index (κ1) is 21.0. The van der Waals surface area contributed by atoms with Crippen LogP contribution in [0, 0.1) is 11.6 Å². The number of aromatic nitrogens is 1. The van der Waals surface area contributed by atoms with Crippen molar-refractivity contribution in [1.82, 2.24) is 14.8 Å². The van der Waals surface area contributed by atoms with Crippen molar-refractivity contribution in [2.45, 2.75) is 32.0 Å². The number of nitrogens with zero attached hydrogens (tertiary/aromatic N) is 2. The second-order valence-corrected chi connectivity index (χ2v) is 7.60. The van der Waals surface area contributed by atoms with Crippen molar-refractivity contribution in [2.75, 3.05) is 20.2 Å². The van der Waals surface area contributed by atoms with E-state index in [1.807, 2.05) is 6.92 Å². The first-order valence-corrected chi connectivity index (χ1v) is 9.91. The molecule has 0 radical (unpaired) electrons. The molecular weight excluding hydrogens is 410 g/mol. The van der Waals surface area contributed by atoms with Crippen LogP contribution in [0.1, 0.15) is 57.5 Å². The topological polar surface area (TPSA) is 107 Å². The van der Waals surface area contributed by atoms with Crippen molar-refractivity contribution in [3.63, 3.8) is 0 Å². The molecule has 3 N–H and O–H groups in total. The molecule has 0 spiro atoms. The maximum absolute atomic E-state index is 13.9. The van der Waals surface area contributed by atoms with E-state index in [1.54, 1.807) is 9.47 Å². The molecule has 0 saturated carbocycles. The molecule has 8 nitrogen and oxygen atoms in total. The molecule has 0 aliphatic carbocycles. The fraction of sp³-hybridized carbons (Fsp3) is 0.381. The van der Waals surface area contributed by atoms with Crippen LogP contribution >= 0.6 is 0 Å². The maximum atomic E-state index is 13.9. The van der Waals surface area contributed by atoms with E-state index >= 15 is 0 Å². The number of carbonyl (C=O) groups excluding carboxylic acids is 2. The highest BCUT2D eigenvalue weighted by atomic mass is 19.1. The van der Waals surface area contributed by atoms with E-state index in [0.717, 1.165) is 6.07 Å². The molecule has 10 heteroatoms. The Hall–Kier alpha value is -3.27. The quantitative estimate of drug-likeness (QED) is 0.745. The van der Waals surface area contributed by atoms with Crippen LogP contribution in [0.3, 0.4) is 0 Å². The lowest BCUT2D eigenvalue weighted by atomic mass is 10.0. The molecule has 4 rings (SSSR count). The van der Waals surface area contributed by atoms with Crippen LogP contribution in [0.25, 0.3) is 0 Å². The first-order valence-electron chi connectivity index (χ1n) is 9.91. The van der Waals surface area contributed by atoms with Gasteiger partial charge in [0.15, 0.2) is 11.4 Å². The van der Waals surface area contributed by atoms with Crippen molar-refractivity contribution in [3.05, 3.63) is 62.6 Å². The number of likely N-dealkylation sites (N-methyl/N-ethyl adjacent to an activating group) is 1. The van der Waals surface area contributed by atoms with Crippen molar-refractivity contribution in [3.8, 4) is 5.75 Å². The van der Waals surface area contributed by atoms with Crippen LogP contribution in [-0.4, -0.2) is 41.5 Å². The molecule has 2 aromatic rings. The Morgan fingerprint density at radius 2 is 2.06 bits per heavy atom. The summed E-state index contributed by atoms with van der Waals surface area (Å²) in [5, 5.41) is 2.50. The molecule has 1 aromatic heterocycles. The Bertz CT molecular complexity index is 1150.